The molecule has 6 nitrogen and oxygen atoms in total. The van der Waals surface area contributed by atoms with E-state index in [9.17, 15) is 0 Å². The smallest absolute Gasteiger partial charge is 0.239 e. The monoisotopic (exact) mass is 279 g/mol. The molecule has 0 aromatic carbocycles. The van der Waals surface area contributed by atoms with Crippen molar-refractivity contribution in [2.24, 2.45) is 12.8 Å². The van der Waals surface area contributed by atoms with E-state index in [1.807, 2.05) is 20.9 Å². The van der Waals surface area contributed by atoms with Crippen LogP contribution in [0.2, 0.25) is 5.02 Å². The van der Waals surface area contributed by atoms with Crippen molar-refractivity contribution in [1.29, 1.82) is 5.41 Å². The fraction of sp³-hybridized carbons (Fsp3) is 0.250. The van der Waals surface area contributed by atoms with Gasteiger partial charge in [-0.1, -0.05) is 11.6 Å². The number of rotatable bonds is 3. The van der Waals surface area contributed by atoms with Crippen molar-refractivity contribution in [1.82, 2.24) is 14.8 Å². The lowest BCUT2D eigenvalue weighted by Gasteiger charge is -2.09. The van der Waals surface area contributed by atoms with Crippen molar-refractivity contribution in [2.45, 2.75) is 13.8 Å². The molecule has 7 heteroatoms. The van der Waals surface area contributed by atoms with Gasteiger partial charge < -0.3 is 10.5 Å². The van der Waals surface area contributed by atoms with Crippen molar-refractivity contribution >= 4 is 17.4 Å². The maximum Gasteiger partial charge on any atom is 0.239 e. The lowest BCUT2D eigenvalue weighted by Crippen LogP contribution is -2.12. The molecule has 0 saturated carbocycles. The minimum atomic E-state index is -0.128. The topological polar surface area (TPSA) is 89.8 Å². The van der Waals surface area contributed by atoms with Gasteiger partial charge in [-0.05, 0) is 19.9 Å². The van der Waals surface area contributed by atoms with E-state index in [1.54, 1.807) is 10.7 Å². The Hall–Kier alpha value is -2.08. The molecule has 0 fully saturated rings. The van der Waals surface area contributed by atoms with E-state index in [-0.39, 0.29) is 16.7 Å². The van der Waals surface area contributed by atoms with Gasteiger partial charge in [-0.15, -0.1) is 0 Å². The van der Waals surface area contributed by atoms with Crippen LogP contribution < -0.4 is 10.5 Å². The molecule has 0 spiro atoms. The van der Waals surface area contributed by atoms with Crippen molar-refractivity contribution in [2.75, 3.05) is 0 Å². The number of ether oxygens (including phenoxy) is 1. The Morgan fingerprint density at radius 1 is 1.47 bits per heavy atom. The van der Waals surface area contributed by atoms with Crippen LogP contribution in [0.1, 0.15) is 17.0 Å². The van der Waals surface area contributed by atoms with Crippen molar-refractivity contribution in [3.05, 3.63) is 34.2 Å². The SMILES string of the molecule is Cc1nn(C)c(C)c1Oc1nccc(C(=N)N)c1Cl. The third kappa shape index (κ3) is 2.39. The summed E-state index contributed by atoms with van der Waals surface area (Å²) in [5.41, 5.74) is 7.44. The summed E-state index contributed by atoms with van der Waals surface area (Å²) in [7, 11) is 1.83. The molecule has 0 aliphatic heterocycles. The number of nitrogens with two attached hydrogens (primary N) is 1. The standard InChI is InChI=1S/C12H14ClN5O/c1-6-10(7(2)18(3)17-6)19-12-9(13)8(11(14)15)4-5-16-12/h4-5H,1-3H3,(H3,14,15). The van der Waals surface area contributed by atoms with Crippen LogP contribution in [-0.4, -0.2) is 20.6 Å². The Bertz CT molecular complexity index is 650. The maximum atomic E-state index is 7.43. The third-order valence-electron chi connectivity index (χ3n) is 2.79. The first-order valence-electron chi connectivity index (χ1n) is 5.58. The molecule has 0 amide bonds. The molecule has 0 aliphatic carbocycles. The first-order chi connectivity index (χ1) is 8.91. The number of hydrogen-bond donors (Lipinski definition) is 2. The number of nitrogen functional groups attached to an aromatic ring is 1. The van der Waals surface area contributed by atoms with Crippen LogP contribution >= 0.6 is 11.6 Å². The zero-order chi connectivity index (χ0) is 14.2. The number of amidine groups is 1. The fourth-order valence-corrected chi connectivity index (χ4v) is 1.95. The Morgan fingerprint density at radius 3 is 2.68 bits per heavy atom. The predicted octanol–water partition coefficient (Wildman–Crippen LogP) is 2.16. The number of halogens is 1. The molecular formula is C12H14ClN5O. The van der Waals surface area contributed by atoms with Crippen molar-refractivity contribution < 1.29 is 4.74 Å². The summed E-state index contributed by atoms with van der Waals surface area (Å²) < 4.78 is 7.42. The van der Waals surface area contributed by atoms with Gasteiger partial charge in [0.2, 0.25) is 5.88 Å². The van der Waals surface area contributed by atoms with Gasteiger partial charge in [-0.3, -0.25) is 10.1 Å². The van der Waals surface area contributed by atoms with E-state index in [0.717, 1.165) is 11.4 Å². The quantitative estimate of drug-likeness (QED) is 0.665. The summed E-state index contributed by atoms with van der Waals surface area (Å²) in [4.78, 5) is 4.06. The Morgan fingerprint density at radius 2 is 2.16 bits per heavy atom. The molecule has 2 aromatic heterocycles. The minimum Gasteiger partial charge on any atom is -0.434 e. The van der Waals surface area contributed by atoms with E-state index >= 15 is 0 Å². The van der Waals surface area contributed by atoms with Crippen LogP contribution in [0, 0.1) is 19.3 Å². The van der Waals surface area contributed by atoms with Gasteiger partial charge in [0, 0.05) is 18.8 Å². The fourth-order valence-electron chi connectivity index (χ4n) is 1.70. The minimum absolute atomic E-state index is 0.128. The van der Waals surface area contributed by atoms with Crippen LogP contribution in [0.4, 0.5) is 0 Å². The Kier molecular flexibility index (Phi) is 3.44. The van der Waals surface area contributed by atoms with Crippen LogP contribution in [-0.2, 0) is 7.05 Å². The van der Waals surface area contributed by atoms with Crippen LogP contribution in [0.3, 0.4) is 0 Å². The van der Waals surface area contributed by atoms with Gasteiger partial charge in [-0.2, -0.15) is 5.10 Å². The molecule has 19 heavy (non-hydrogen) atoms. The van der Waals surface area contributed by atoms with Gasteiger partial charge >= 0.3 is 0 Å². The number of nitrogens with one attached hydrogen (secondary N) is 1. The highest BCUT2D eigenvalue weighted by atomic mass is 35.5. The average molecular weight is 280 g/mol. The van der Waals surface area contributed by atoms with Gasteiger partial charge in [0.1, 0.15) is 16.6 Å². The molecule has 0 aliphatic rings. The third-order valence-corrected chi connectivity index (χ3v) is 3.15. The molecule has 0 bridgehead atoms. The molecule has 0 atom stereocenters. The first kappa shape index (κ1) is 13.4. The van der Waals surface area contributed by atoms with Gasteiger partial charge in [0.05, 0.1) is 5.69 Å². The first-order valence-corrected chi connectivity index (χ1v) is 5.96. The van der Waals surface area contributed by atoms with E-state index in [1.165, 1.54) is 6.20 Å². The molecule has 100 valence electrons. The summed E-state index contributed by atoms with van der Waals surface area (Å²) in [6.07, 6.45) is 1.50. The average Bonchev–Trinajstić information content (AvgIpc) is 2.58. The molecule has 0 unspecified atom stereocenters. The molecule has 2 heterocycles. The van der Waals surface area contributed by atoms with E-state index in [0.29, 0.717) is 11.3 Å². The second-order valence-electron chi connectivity index (χ2n) is 4.12. The Balaban J connectivity index is 2.44. The highest BCUT2D eigenvalue weighted by Gasteiger charge is 2.16. The second-order valence-corrected chi connectivity index (χ2v) is 4.49. The molecule has 0 radical (unpaired) electrons. The van der Waals surface area contributed by atoms with Gasteiger partial charge in [0.25, 0.3) is 0 Å². The summed E-state index contributed by atoms with van der Waals surface area (Å²) >= 11 is 6.13. The van der Waals surface area contributed by atoms with Crippen molar-refractivity contribution in [3.8, 4) is 11.6 Å². The normalized spacial score (nSPS) is 10.5. The number of aryl methyl sites for hydroxylation is 2. The lowest BCUT2D eigenvalue weighted by atomic mass is 10.2. The summed E-state index contributed by atoms with van der Waals surface area (Å²) in [6.45, 7) is 3.73. The van der Waals surface area contributed by atoms with E-state index in [2.05, 4.69) is 10.1 Å². The molecule has 2 aromatic rings. The zero-order valence-corrected chi connectivity index (χ0v) is 11.6. The van der Waals surface area contributed by atoms with Gasteiger partial charge in [-0.25, -0.2) is 4.98 Å². The molecular weight excluding hydrogens is 266 g/mol. The molecule has 2 rings (SSSR count). The van der Waals surface area contributed by atoms with Crippen LogP contribution in [0.25, 0.3) is 0 Å². The summed E-state index contributed by atoms with van der Waals surface area (Å²) in [5, 5.41) is 11.9. The molecule has 3 N–H and O–H groups in total. The maximum absolute atomic E-state index is 7.43. The van der Waals surface area contributed by atoms with Gasteiger partial charge in [0.15, 0.2) is 5.75 Å². The number of pyridine rings is 1. The highest BCUT2D eigenvalue weighted by Crippen LogP contribution is 2.32. The van der Waals surface area contributed by atoms with Crippen molar-refractivity contribution in [3.63, 3.8) is 0 Å². The van der Waals surface area contributed by atoms with Crippen LogP contribution in [0.5, 0.6) is 11.6 Å². The number of aromatic nitrogens is 3. The number of hydrogen-bond acceptors (Lipinski definition) is 4. The van der Waals surface area contributed by atoms with E-state index < -0.39 is 0 Å². The highest BCUT2D eigenvalue weighted by molar-refractivity contribution is 6.35. The predicted molar refractivity (Wildman–Crippen MR) is 73.0 cm³/mol. The van der Waals surface area contributed by atoms with E-state index in [4.69, 9.17) is 27.5 Å². The Labute approximate surface area is 115 Å². The zero-order valence-electron chi connectivity index (χ0n) is 10.9. The second kappa shape index (κ2) is 4.89. The van der Waals surface area contributed by atoms with Crippen LogP contribution in [0.15, 0.2) is 12.3 Å². The lowest BCUT2D eigenvalue weighted by molar-refractivity contribution is 0.455. The summed E-state index contributed by atoms with van der Waals surface area (Å²) in [5.74, 6) is 0.697. The number of nitrogens with zero attached hydrogens (tertiary/aromatic N) is 3. The summed E-state index contributed by atoms with van der Waals surface area (Å²) in [6, 6.07) is 1.57. The largest absolute Gasteiger partial charge is 0.434 e. The molecule has 0 saturated heterocycles.